The molecule has 202 valence electrons. The average Bonchev–Trinajstić information content (AvgIpc) is 2.91. The van der Waals surface area contributed by atoms with Crippen LogP contribution in [0.2, 0.25) is 0 Å². The molecule has 0 saturated heterocycles. The Morgan fingerprint density at radius 3 is 2.08 bits per heavy atom. The molecule has 0 radical (unpaired) electrons. The lowest BCUT2D eigenvalue weighted by Crippen LogP contribution is -2.51. The highest BCUT2D eigenvalue weighted by Crippen LogP contribution is 2.28. The largest absolute Gasteiger partial charge is 0.355 e. The van der Waals surface area contributed by atoms with Gasteiger partial charge in [-0.1, -0.05) is 67.1 Å². The molecule has 1 N–H and O–H groups in total. The number of carbonyl (C=O) groups excluding carboxylic acids is 2. The summed E-state index contributed by atoms with van der Waals surface area (Å²) in [6.45, 7) is 9.42. The summed E-state index contributed by atoms with van der Waals surface area (Å²) in [5.74, 6) is -0.759. The lowest BCUT2D eigenvalue weighted by molar-refractivity contribution is -0.139. The molecule has 0 aliphatic rings. The van der Waals surface area contributed by atoms with E-state index in [9.17, 15) is 18.0 Å². The van der Waals surface area contributed by atoms with Crippen molar-refractivity contribution in [2.24, 2.45) is 0 Å². The second-order valence-corrected chi connectivity index (χ2v) is 11.2. The van der Waals surface area contributed by atoms with E-state index in [0.29, 0.717) is 18.7 Å². The van der Waals surface area contributed by atoms with E-state index in [-0.39, 0.29) is 17.3 Å². The van der Waals surface area contributed by atoms with Crippen LogP contribution in [0.3, 0.4) is 0 Å². The van der Waals surface area contributed by atoms with Gasteiger partial charge in [-0.15, -0.1) is 0 Å². The lowest BCUT2D eigenvalue weighted by atomic mass is 10.1. The van der Waals surface area contributed by atoms with Gasteiger partial charge < -0.3 is 10.2 Å². The zero-order valence-electron chi connectivity index (χ0n) is 22.8. The number of para-hydroxylation sites is 1. The van der Waals surface area contributed by atoms with Gasteiger partial charge >= 0.3 is 0 Å². The van der Waals surface area contributed by atoms with Gasteiger partial charge in [0, 0.05) is 13.1 Å². The van der Waals surface area contributed by atoms with Crippen molar-refractivity contribution < 1.29 is 18.0 Å². The van der Waals surface area contributed by atoms with Crippen LogP contribution < -0.4 is 9.62 Å². The Bertz CT molecular complexity index is 1370. The van der Waals surface area contributed by atoms with Crippen molar-refractivity contribution >= 4 is 27.5 Å². The van der Waals surface area contributed by atoms with E-state index < -0.39 is 28.5 Å². The SMILES string of the molecule is CCNC(=O)[C@@H](C)N(Cc1ccccc1C)C(=O)CN(c1ccccc1CC)S(=O)(=O)c1ccc(C)cc1. The van der Waals surface area contributed by atoms with Crippen molar-refractivity contribution in [1.82, 2.24) is 10.2 Å². The minimum atomic E-state index is -4.08. The van der Waals surface area contributed by atoms with Gasteiger partial charge in [-0.2, -0.15) is 0 Å². The Morgan fingerprint density at radius 1 is 0.868 bits per heavy atom. The number of rotatable bonds is 11. The highest BCUT2D eigenvalue weighted by atomic mass is 32.2. The Labute approximate surface area is 226 Å². The van der Waals surface area contributed by atoms with E-state index in [1.54, 1.807) is 43.3 Å². The predicted octanol–water partition coefficient (Wildman–Crippen LogP) is 4.61. The summed E-state index contributed by atoms with van der Waals surface area (Å²) < 4.78 is 29.1. The number of likely N-dealkylation sites (N-methyl/N-ethyl adjacent to an activating group) is 1. The first-order valence-corrected chi connectivity index (χ1v) is 14.3. The fourth-order valence-corrected chi connectivity index (χ4v) is 5.73. The number of carbonyl (C=O) groups is 2. The van der Waals surface area contributed by atoms with Crippen LogP contribution in [0.25, 0.3) is 0 Å². The van der Waals surface area contributed by atoms with Gasteiger partial charge in [-0.05, 0) is 69.0 Å². The molecule has 0 bridgehead atoms. The van der Waals surface area contributed by atoms with Crippen LogP contribution in [0.1, 0.15) is 43.0 Å². The van der Waals surface area contributed by atoms with Crippen molar-refractivity contribution in [2.45, 2.75) is 58.5 Å². The van der Waals surface area contributed by atoms with Crippen molar-refractivity contribution in [2.75, 3.05) is 17.4 Å². The van der Waals surface area contributed by atoms with Gasteiger partial charge in [-0.25, -0.2) is 8.42 Å². The van der Waals surface area contributed by atoms with E-state index >= 15 is 0 Å². The number of sulfonamides is 1. The number of aryl methyl sites for hydroxylation is 3. The third-order valence-electron chi connectivity index (χ3n) is 6.65. The lowest BCUT2D eigenvalue weighted by Gasteiger charge is -2.32. The standard InChI is InChI=1S/C30H37N3O4S/c1-6-25-13-10-11-15-28(25)33(38(36,37)27-18-16-22(3)17-19-27)21-29(34)32(24(5)30(35)31-7-2)20-26-14-9-8-12-23(26)4/h8-19,24H,6-7,20-21H2,1-5H3,(H,31,35)/t24-/m1/s1. The molecule has 8 heteroatoms. The molecular formula is C30H37N3O4S. The van der Waals surface area contributed by atoms with Gasteiger partial charge in [0.05, 0.1) is 10.6 Å². The number of nitrogens with zero attached hydrogens (tertiary/aromatic N) is 2. The van der Waals surface area contributed by atoms with Crippen molar-refractivity contribution in [1.29, 1.82) is 0 Å². The highest BCUT2D eigenvalue weighted by molar-refractivity contribution is 7.92. The topological polar surface area (TPSA) is 86.8 Å². The quantitative estimate of drug-likeness (QED) is 0.388. The second-order valence-electron chi connectivity index (χ2n) is 9.33. The molecule has 0 fully saturated rings. The van der Waals surface area contributed by atoms with Crippen LogP contribution in [0.5, 0.6) is 0 Å². The van der Waals surface area contributed by atoms with Crippen molar-refractivity contribution in [3.05, 3.63) is 95.1 Å². The Hall–Kier alpha value is -3.65. The summed E-state index contributed by atoms with van der Waals surface area (Å²) in [5.41, 5.74) is 4.05. The van der Waals surface area contributed by atoms with E-state index in [4.69, 9.17) is 0 Å². The first-order valence-electron chi connectivity index (χ1n) is 12.9. The summed E-state index contributed by atoms with van der Waals surface area (Å²) >= 11 is 0. The molecule has 7 nitrogen and oxygen atoms in total. The van der Waals surface area contributed by atoms with Gasteiger partial charge in [0.2, 0.25) is 11.8 Å². The smallest absolute Gasteiger partial charge is 0.264 e. The minimum Gasteiger partial charge on any atom is -0.355 e. The second kappa shape index (κ2) is 12.7. The molecule has 3 aromatic rings. The number of amides is 2. The zero-order chi connectivity index (χ0) is 27.9. The number of anilines is 1. The summed E-state index contributed by atoms with van der Waals surface area (Å²) in [5, 5.41) is 2.78. The molecule has 3 aromatic carbocycles. The minimum absolute atomic E-state index is 0.101. The third kappa shape index (κ3) is 6.61. The molecule has 2 amide bonds. The number of hydrogen-bond donors (Lipinski definition) is 1. The van der Waals surface area contributed by atoms with E-state index in [0.717, 1.165) is 22.3 Å². The molecule has 0 spiro atoms. The predicted molar refractivity (Wildman–Crippen MR) is 151 cm³/mol. The Morgan fingerprint density at radius 2 is 1.47 bits per heavy atom. The highest BCUT2D eigenvalue weighted by Gasteiger charge is 2.33. The normalized spacial score (nSPS) is 12.0. The van der Waals surface area contributed by atoms with Crippen LogP contribution >= 0.6 is 0 Å². The van der Waals surface area contributed by atoms with E-state index in [1.165, 1.54) is 9.21 Å². The monoisotopic (exact) mass is 535 g/mol. The van der Waals surface area contributed by atoms with E-state index in [2.05, 4.69) is 5.32 Å². The molecule has 0 saturated carbocycles. The third-order valence-corrected chi connectivity index (χ3v) is 8.42. The number of nitrogens with one attached hydrogen (secondary N) is 1. The summed E-state index contributed by atoms with van der Waals surface area (Å²) in [7, 11) is -4.08. The Kier molecular flexibility index (Phi) is 9.69. The van der Waals surface area contributed by atoms with Gasteiger partial charge in [0.25, 0.3) is 10.0 Å². The molecule has 0 aliphatic carbocycles. The molecule has 38 heavy (non-hydrogen) atoms. The van der Waals surface area contributed by atoms with Crippen molar-refractivity contribution in [3.8, 4) is 0 Å². The molecule has 1 atom stereocenters. The van der Waals surface area contributed by atoms with Crippen LogP contribution in [-0.2, 0) is 32.6 Å². The maximum atomic E-state index is 14.0. The van der Waals surface area contributed by atoms with Gasteiger partial charge in [0.15, 0.2) is 0 Å². The van der Waals surface area contributed by atoms with Crippen LogP contribution in [0.4, 0.5) is 5.69 Å². The molecule has 3 rings (SSSR count). The zero-order valence-corrected chi connectivity index (χ0v) is 23.6. The van der Waals surface area contributed by atoms with Gasteiger partial charge in [0.1, 0.15) is 12.6 Å². The van der Waals surface area contributed by atoms with Crippen LogP contribution in [0, 0.1) is 13.8 Å². The first kappa shape index (κ1) is 28.9. The van der Waals surface area contributed by atoms with Crippen LogP contribution in [-0.4, -0.2) is 44.3 Å². The maximum absolute atomic E-state index is 14.0. The van der Waals surface area contributed by atoms with Crippen molar-refractivity contribution in [3.63, 3.8) is 0 Å². The fourth-order valence-electron chi connectivity index (χ4n) is 4.28. The maximum Gasteiger partial charge on any atom is 0.264 e. The molecule has 0 aliphatic heterocycles. The molecule has 0 heterocycles. The Balaban J connectivity index is 2.08. The van der Waals surface area contributed by atoms with E-state index in [1.807, 2.05) is 64.1 Å². The summed E-state index contributed by atoms with van der Waals surface area (Å²) in [6, 6.07) is 20.6. The fraction of sp³-hybridized carbons (Fsp3) is 0.333. The first-order chi connectivity index (χ1) is 18.1. The van der Waals surface area contributed by atoms with Crippen LogP contribution in [0.15, 0.2) is 77.7 Å². The average molecular weight is 536 g/mol. The molecule has 0 aromatic heterocycles. The summed E-state index contributed by atoms with van der Waals surface area (Å²) in [6.07, 6.45) is 0.590. The number of hydrogen-bond acceptors (Lipinski definition) is 4. The van der Waals surface area contributed by atoms with Gasteiger partial charge in [-0.3, -0.25) is 13.9 Å². The number of benzene rings is 3. The molecular weight excluding hydrogens is 498 g/mol. The molecule has 0 unspecified atom stereocenters. The summed E-state index contributed by atoms with van der Waals surface area (Å²) in [4.78, 5) is 28.4.